The molecule has 0 fully saturated rings. The van der Waals surface area contributed by atoms with Gasteiger partial charge in [-0.05, 0) is 43.5 Å². The molecule has 9 heteroatoms. The number of aliphatic hydroxyl groups is 1. The van der Waals surface area contributed by atoms with E-state index >= 15 is 0 Å². The zero-order chi connectivity index (χ0) is 19.9. The molecule has 0 aromatic heterocycles. The highest BCUT2D eigenvalue weighted by molar-refractivity contribution is 7.92. The number of benzene rings is 1. The molecule has 1 rings (SSSR count). The number of nitrogens with zero attached hydrogens (tertiary/aromatic N) is 1. The standard InChI is InChI=1S/C17H28N2O6S/c1-12(2)9-14(20)10-17(21)18-19(22)11-13(3)26(23,24)16-7-5-15(25-4)6-8-16/h5-8,12-14,20,22H,9-11H2,1-4H3,(H,18,21)/t13-,14?/m1/s1. The molecular weight excluding hydrogens is 360 g/mol. The van der Waals surface area contributed by atoms with Crippen molar-refractivity contribution in [3.63, 3.8) is 0 Å². The lowest BCUT2D eigenvalue weighted by Crippen LogP contribution is -2.45. The fourth-order valence-electron chi connectivity index (χ4n) is 2.42. The van der Waals surface area contributed by atoms with E-state index in [-0.39, 0.29) is 23.8 Å². The molecule has 8 nitrogen and oxygen atoms in total. The third-order valence-corrected chi connectivity index (χ3v) is 5.90. The van der Waals surface area contributed by atoms with Crippen molar-refractivity contribution >= 4 is 15.7 Å². The first-order chi connectivity index (χ1) is 12.1. The number of hydrazine groups is 1. The number of sulfone groups is 1. The molecule has 3 N–H and O–H groups in total. The van der Waals surface area contributed by atoms with E-state index in [2.05, 4.69) is 5.43 Å². The molecule has 0 aliphatic heterocycles. The largest absolute Gasteiger partial charge is 0.497 e. The van der Waals surface area contributed by atoms with E-state index in [0.717, 1.165) is 0 Å². The minimum Gasteiger partial charge on any atom is -0.497 e. The van der Waals surface area contributed by atoms with Gasteiger partial charge >= 0.3 is 0 Å². The number of hydrogen-bond acceptors (Lipinski definition) is 7. The van der Waals surface area contributed by atoms with Crippen LogP contribution < -0.4 is 10.2 Å². The number of ether oxygens (including phenoxy) is 1. The lowest BCUT2D eigenvalue weighted by Gasteiger charge is -2.21. The fourth-order valence-corrected chi connectivity index (χ4v) is 3.73. The summed E-state index contributed by atoms with van der Waals surface area (Å²) in [5, 5.41) is 19.0. The van der Waals surface area contributed by atoms with E-state index < -0.39 is 27.1 Å². The van der Waals surface area contributed by atoms with E-state index in [1.807, 2.05) is 13.8 Å². The van der Waals surface area contributed by atoms with E-state index in [0.29, 0.717) is 17.3 Å². The second-order valence-electron chi connectivity index (χ2n) is 6.64. The quantitative estimate of drug-likeness (QED) is 0.519. The van der Waals surface area contributed by atoms with E-state index in [4.69, 9.17) is 4.74 Å². The van der Waals surface area contributed by atoms with Gasteiger partial charge in [0.05, 0.1) is 36.3 Å². The van der Waals surface area contributed by atoms with Crippen LogP contribution >= 0.6 is 0 Å². The Morgan fingerprint density at radius 1 is 1.23 bits per heavy atom. The Kier molecular flexibility index (Phi) is 8.48. The molecule has 26 heavy (non-hydrogen) atoms. The Morgan fingerprint density at radius 2 is 1.81 bits per heavy atom. The smallest absolute Gasteiger partial charge is 0.238 e. The van der Waals surface area contributed by atoms with Crippen LogP contribution in [-0.4, -0.2) is 54.8 Å². The summed E-state index contributed by atoms with van der Waals surface area (Å²) < 4.78 is 30.0. The van der Waals surface area contributed by atoms with Gasteiger partial charge in [-0.2, -0.15) is 0 Å². The summed E-state index contributed by atoms with van der Waals surface area (Å²) in [6.45, 7) is 4.96. The van der Waals surface area contributed by atoms with Gasteiger partial charge in [-0.1, -0.05) is 13.8 Å². The van der Waals surface area contributed by atoms with Gasteiger partial charge in [0, 0.05) is 0 Å². The van der Waals surface area contributed by atoms with Crippen LogP contribution in [-0.2, 0) is 14.6 Å². The van der Waals surface area contributed by atoms with Crippen molar-refractivity contribution in [2.45, 2.75) is 49.9 Å². The highest BCUT2D eigenvalue weighted by atomic mass is 32.2. The Balaban J connectivity index is 2.61. The van der Waals surface area contributed by atoms with E-state index in [1.165, 1.54) is 38.3 Å². The van der Waals surface area contributed by atoms with Crippen LogP contribution in [0.5, 0.6) is 5.75 Å². The van der Waals surface area contributed by atoms with E-state index in [1.54, 1.807) is 0 Å². The molecule has 148 valence electrons. The van der Waals surface area contributed by atoms with Crippen molar-refractivity contribution in [2.75, 3.05) is 13.7 Å². The topological polar surface area (TPSA) is 116 Å². The Morgan fingerprint density at radius 3 is 2.31 bits per heavy atom. The number of carbonyl (C=O) groups is 1. The van der Waals surface area contributed by atoms with Crippen molar-refractivity contribution in [2.24, 2.45) is 5.92 Å². The maximum absolute atomic E-state index is 12.5. The molecular formula is C17H28N2O6S. The number of amides is 1. The third-order valence-electron chi connectivity index (χ3n) is 3.77. The molecule has 0 bridgehead atoms. The first-order valence-corrected chi connectivity index (χ1v) is 9.92. The number of aliphatic hydroxyl groups excluding tert-OH is 1. The average molecular weight is 388 g/mol. The van der Waals surface area contributed by atoms with Crippen molar-refractivity contribution in [3.05, 3.63) is 24.3 Å². The zero-order valence-corrected chi connectivity index (χ0v) is 16.4. The summed E-state index contributed by atoms with van der Waals surface area (Å²) in [6, 6.07) is 5.92. The summed E-state index contributed by atoms with van der Waals surface area (Å²) in [5.74, 6) is 0.181. The van der Waals surface area contributed by atoms with Gasteiger partial charge in [0.1, 0.15) is 5.75 Å². The maximum atomic E-state index is 12.5. The molecule has 0 saturated heterocycles. The highest BCUT2D eigenvalue weighted by Gasteiger charge is 2.26. The van der Waals surface area contributed by atoms with Crippen LogP contribution in [0.3, 0.4) is 0 Å². The Labute approximate surface area is 154 Å². The molecule has 0 spiro atoms. The predicted octanol–water partition coefficient (Wildman–Crippen LogP) is 1.38. The predicted molar refractivity (Wildman–Crippen MR) is 96.4 cm³/mol. The molecule has 1 unspecified atom stereocenters. The lowest BCUT2D eigenvalue weighted by atomic mass is 10.0. The molecule has 1 aromatic carbocycles. The van der Waals surface area contributed by atoms with Crippen molar-refractivity contribution in [1.29, 1.82) is 0 Å². The van der Waals surface area contributed by atoms with E-state index in [9.17, 15) is 23.5 Å². The number of hydroxylamine groups is 1. The van der Waals surface area contributed by atoms with Gasteiger partial charge < -0.3 is 9.84 Å². The van der Waals surface area contributed by atoms with Crippen LogP contribution in [0.2, 0.25) is 0 Å². The molecule has 0 aliphatic carbocycles. The third kappa shape index (κ3) is 6.91. The minimum atomic E-state index is -3.69. The van der Waals surface area contributed by atoms with Gasteiger partial charge in [-0.3, -0.25) is 15.4 Å². The first kappa shape index (κ1) is 22.4. The summed E-state index contributed by atoms with van der Waals surface area (Å²) in [4.78, 5) is 11.9. The number of methoxy groups -OCH3 is 1. The Bertz CT molecular complexity index is 675. The summed E-state index contributed by atoms with van der Waals surface area (Å²) in [7, 11) is -2.21. The molecule has 0 aliphatic rings. The maximum Gasteiger partial charge on any atom is 0.238 e. The molecule has 1 amide bonds. The average Bonchev–Trinajstić information content (AvgIpc) is 2.53. The molecule has 2 atom stereocenters. The summed E-state index contributed by atoms with van der Waals surface area (Å²) in [6.07, 6.45) is -0.528. The van der Waals surface area contributed by atoms with Crippen LogP contribution in [0.15, 0.2) is 29.2 Å². The lowest BCUT2D eigenvalue weighted by molar-refractivity contribution is -0.162. The van der Waals surface area contributed by atoms with Crippen molar-refractivity contribution in [3.8, 4) is 5.75 Å². The zero-order valence-electron chi connectivity index (χ0n) is 15.5. The number of rotatable bonds is 10. The van der Waals surface area contributed by atoms with Crippen LogP contribution in [0.25, 0.3) is 0 Å². The fraction of sp³-hybridized carbons (Fsp3) is 0.588. The highest BCUT2D eigenvalue weighted by Crippen LogP contribution is 2.20. The van der Waals surface area contributed by atoms with Gasteiger partial charge in [0.2, 0.25) is 5.91 Å². The van der Waals surface area contributed by atoms with Crippen molar-refractivity contribution < 1.29 is 28.3 Å². The molecule has 0 heterocycles. The second-order valence-corrected chi connectivity index (χ2v) is 9.00. The van der Waals surface area contributed by atoms with Gasteiger partial charge in [0.15, 0.2) is 9.84 Å². The SMILES string of the molecule is COc1ccc(S(=O)(=O)[C@H](C)CN(O)NC(=O)CC(O)CC(C)C)cc1. The number of hydrogen-bond donors (Lipinski definition) is 3. The Hall–Kier alpha value is -1.68. The normalized spacial score (nSPS) is 14.3. The van der Waals surface area contributed by atoms with Crippen LogP contribution in [0.1, 0.15) is 33.6 Å². The summed E-state index contributed by atoms with van der Waals surface area (Å²) >= 11 is 0. The molecule has 1 aromatic rings. The summed E-state index contributed by atoms with van der Waals surface area (Å²) in [5.41, 5.74) is 2.16. The van der Waals surface area contributed by atoms with Crippen LogP contribution in [0, 0.1) is 5.92 Å². The molecule has 0 radical (unpaired) electrons. The molecule has 0 saturated carbocycles. The van der Waals surface area contributed by atoms with Gasteiger partial charge in [-0.25, -0.2) is 8.42 Å². The van der Waals surface area contributed by atoms with Gasteiger partial charge in [-0.15, -0.1) is 5.17 Å². The van der Waals surface area contributed by atoms with Crippen LogP contribution in [0.4, 0.5) is 0 Å². The number of carbonyl (C=O) groups excluding carboxylic acids is 1. The monoisotopic (exact) mass is 388 g/mol. The number of nitrogens with one attached hydrogen (secondary N) is 1. The van der Waals surface area contributed by atoms with Crippen molar-refractivity contribution in [1.82, 2.24) is 10.6 Å². The van der Waals surface area contributed by atoms with Gasteiger partial charge in [0.25, 0.3) is 0 Å². The second kappa shape index (κ2) is 9.86. The first-order valence-electron chi connectivity index (χ1n) is 8.38. The minimum absolute atomic E-state index is 0.0953.